The lowest BCUT2D eigenvalue weighted by Gasteiger charge is -2.12. The summed E-state index contributed by atoms with van der Waals surface area (Å²) in [7, 11) is 0. The smallest absolute Gasteiger partial charge is 0.144 e. The predicted octanol–water partition coefficient (Wildman–Crippen LogP) is 13.2. The molecule has 1 unspecified atom stereocenters. The number of nitrogens with one attached hydrogen (secondary N) is 1. The van der Waals surface area contributed by atoms with Crippen LogP contribution < -0.4 is 11.1 Å². The Hall–Kier alpha value is -5.52. The summed E-state index contributed by atoms with van der Waals surface area (Å²) in [5.74, 6) is 0.761. The predicted molar refractivity (Wildman–Crippen MR) is 230 cm³/mol. The lowest BCUT2D eigenvalue weighted by atomic mass is 9.98. The van der Waals surface area contributed by atoms with E-state index in [2.05, 4.69) is 120 Å². The molecule has 5 rings (SSSR count). The molecule has 0 radical (unpaired) electrons. The fourth-order valence-corrected chi connectivity index (χ4v) is 6.09. The molecular weight excluding hydrogens is 700 g/mol. The van der Waals surface area contributed by atoms with E-state index in [-0.39, 0.29) is 6.04 Å². The monoisotopic (exact) mass is 748 g/mol. The molecule has 5 aromatic rings. The number of nitrogens with two attached hydrogens (primary N) is 1. The highest BCUT2D eigenvalue weighted by molar-refractivity contribution is 9.10. The van der Waals surface area contributed by atoms with Gasteiger partial charge in [0.25, 0.3) is 0 Å². The van der Waals surface area contributed by atoms with Crippen LogP contribution in [-0.4, -0.2) is 10.7 Å². The minimum absolute atomic E-state index is 0.0297. The molecule has 0 bridgehead atoms. The normalized spacial score (nSPS) is 13.0. The van der Waals surface area contributed by atoms with E-state index in [1.54, 1.807) is 0 Å². The highest BCUT2D eigenvalue weighted by Gasteiger charge is 2.11. The second-order valence-electron chi connectivity index (χ2n) is 11.9. The van der Waals surface area contributed by atoms with E-state index in [9.17, 15) is 0 Å². The number of aliphatic imine (C=N–C) groups is 1. The summed E-state index contributed by atoms with van der Waals surface area (Å²) in [5.41, 5.74) is 18.7. The number of pyridine rings is 1. The van der Waals surface area contributed by atoms with Crippen LogP contribution in [0.2, 0.25) is 0 Å². The number of benzene rings is 4. The Kier molecular flexibility index (Phi) is 14.9. The van der Waals surface area contributed by atoms with Crippen molar-refractivity contribution < 1.29 is 0 Å². The van der Waals surface area contributed by atoms with Gasteiger partial charge in [-0.05, 0) is 106 Å². The third kappa shape index (κ3) is 10.5. The van der Waals surface area contributed by atoms with Crippen LogP contribution in [0.4, 0.5) is 5.82 Å². The zero-order valence-electron chi connectivity index (χ0n) is 31.1. The average Bonchev–Trinajstić information content (AvgIpc) is 3.18. The molecule has 4 aromatic carbocycles. The van der Waals surface area contributed by atoms with Crippen molar-refractivity contribution in [2.45, 2.75) is 47.6 Å². The minimum Gasteiger partial charge on any atom is -0.398 e. The van der Waals surface area contributed by atoms with Crippen molar-refractivity contribution in [1.29, 1.82) is 0 Å². The van der Waals surface area contributed by atoms with Crippen molar-refractivity contribution >= 4 is 39.6 Å². The SMILES string of the molecule is C=Cc1ccccc1/C=C(\C)Nc1ncc(-c2ccc(-c3ccc(C(/C=C(N)/C(/C=C\C)=C/C)=NC(C)c4ccccc4)cc3)cc2)cc1Br.CC. The quantitative estimate of drug-likeness (QED) is 0.0986. The Morgan fingerprint density at radius 3 is 1.98 bits per heavy atom. The van der Waals surface area contributed by atoms with Crippen LogP contribution in [0.3, 0.4) is 0 Å². The van der Waals surface area contributed by atoms with Gasteiger partial charge in [-0.2, -0.15) is 0 Å². The first-order valence-electron chi connectivity index (χ1n) is 17.7. The van der Waals surface area contributed by atoms with E-state index < -0.39 is 0 Å². The van der Waals surface area contributed by atoms with Crippen LogP contribution in [0.15, 0.2) is 173 Å². The Balaban J connectivity index is 0.00000297. The lowest BCUT2D eigenvalue weighted by molar-refractivity contribution is 0.821. The average molecular weight is 750 g/mol. The Morgan fingerprint density at radius 1 is 0.827 bits per heavy atom. The van der Waals surface area contributed by atoms with Gasteiger partial charge in [-0.25, -0.2) is 4.98 Å². The largest absolute Gasteiger partial charge is 0.398 e. The Morgan fingerprint density at radius 2 is 1.40 bits per heavy atom. The van der Waals surface area contributed by atoms with Gasteiger partial charge in [-0.1, -0.05) is 148 Å². The maximum Gasteiger partial charge on any atom is 0.144 e. The molecule has 1 atom stereocenters. The van der Waals surface area contributed by atoms with Gasteiger partial charge in [-0.3, -0.25) is 4.99 Å². The fourth-order valence-electron chi connectivity index (χ4n) is 5.64. The molecule has 0 saturated carbocycles. The topological polar surface area (TPSA) is 63.3 Å². The minimum atomic E-state index is -0.0297. The van der Waals surface area contributed by atoms with Gasteiger partial charge in [0.2, 0.25) is 0 Å². The molecule has 1 heterocycles. The molecule has 0 aliphatic heterocycles. The summed E-state index contributed by atoms with van der Waals surface area (Å²) in [6, 6.07) is 37.6. The summed E-state index contributed by atoms with van der Waals surface area (Å²) >= 11 is 3.72. The number of aromatic nitrogens is 1. The second kappa shape index (κ2) is 19.8. The van der Waals surface area contributed by atoms with Crippen molar-refractivity contribution in [3.8, 4) is 22.3 Å². The van der Waals surface area contributed by atoms with Crippen LogP contribution in [0.5, 0.6) is 0 Å². The molecule has 0 fully saturated rings. The van der Waals surface area contributed by atoms with E-state index >= 15 is 0 Å². The van der Waals surface area contributed by atoms with E-state index in [1.165, 1.54) is 0 Å². The summed E-state index contributed by atoms with van der Waals surface area (Å²) in [4.78, 5) is 9.85. The molecule has 1 aromatic heterocycles. The maximum absolute atomic E-state index is 6.57. The molecule has 0 saturated heterocycles. The second-order valence-corrected chi connectivity index (χ2v) is 12.8. The zero-order valence-corrected chi connectivity index (χ0v) is 32.7. The summed E-state index contributed by atoms with van der Waals surface area (Å²) in [5, 5.41) is 3.42. The molecule has 0 aliphatic carbocycles. The van der Waals surface area contributed by atoms with Gasteiger partial charge in [-0.15, -0.1) is 0 Å². The molecule has 0 aliphatic rings. The van der Waals surface area contributed by atoms with Gasteiger partial charge in [0, 0.05) is 23.2 Å². The van der Waals surface area contributed by atoms with E-state index in [4.69, 9.17) is 15.7 Å². The first-order chi connectivity index (χ1) is 25.3. The van der Waals surface area contributed by atoms with Crippen molar-refractivity contribution in [1.82, 2.24) is 4.98 Å². The third-order valence-electron chi connectivity index (χ3n) is 8.37. The van der Waals surface area contributed by atoms with E-state index in [0.717, 1.165) is 71.8 Å². The van der Waals surface area contributed by atoms with Crippen molar-refractivity contribution in [3.63, 3.8) is 0 Å². The summed E-state index contributed by atoms with van der Waals surface area (Å²) in [6.45, 7) is 16.0. The number of anilines is 1. The van der Waals surface area contributed by atoms with E-state index in [1.807, 2.05) is 102 Å². The number of rotatable bonds is 12. The first kappa shape index (κ1) is 39.3. The Bertz CT molecular complexity index is 2080. The highest BCUT2D eigenvalue weighted by Crippen LogP contribution is 2.30. The molecule has 5 heteroatoms. The number of nitrogens with zero attached hydrogens (tertiary/aromatic N) is 2. The number of hydrogen-bond donors (Lipinski definition) is 2. The van der Waals surface area contributed by atoms with Crippen LogP contribution in [-0.2, 0) is 0 Å². The molecule has 3 N–H and O–H groups in total. The van der Waals surface area contributed by atoms with Crippen LogP contribution >= 0.6 is 15.9 Å². The molecular formula is C47H49BrN4. The van der Waals surface area contributed by atoms with Crippen molar-refractivity contribution in [2.75, 3.05) is 5.32 Å². The Labute approximate surface area is 319 Å². The lowest BCUT2D eigenvalue weighted by Crippen LogP contribution is -2.07. The van der Waals surface area contributed by atoms with Gasteiger partial charge < -0.3 is 11.1 Å². The molecule has 0 spiro atoms. The highest BCUT2D eigenvalue weighted by atomic mass is 79.9. The first-order valence-corrected chi connectivity index (χ1v) is 18.5. The number of halogens is 1. The van der Waals surface area contributed by atoms with E-state index in [0.29, 0.717) is 5.70 Å². The number of hydrogen-bond acceptors (Lipinski definition) is 4. The van der Waals surface area contributed by atoms with Crippen molar-refractivity contribution in [2.24, 2.45) is 10.7 Å². The van der Waals surface area contributed by atoms with Crippen LogP contribution in [0.25, 0.3) is 34.4 Å². The molecule has 264 valence electrons. The molecule has 52 heavy (non-hydrogen) atoms. The number of allylic oxidation sites excluding steroid dienone is 5. The van der Waals surface area contributed by atoms with Crippen LogP contribution in [0, 0.1) is 0 Å². The summed E-state index contributed by atoms with van der Waals surface area (Å²) < 4.78 is 0.889. The molecule has 0 amide bonds. The van der Waals surface area contributed by atoms with Crippen molar-refractivity contribution in [3.05, 3.63) is 190 Å². The zero-order chi connectivity index (χ0) is 37.5. The third-order valence-corrected chi connectivity index (χ3v) is 8.98. The summed E-state index contributed by atoms with van der Waals surface area (Å²) in [6.07, 6.45) is 13.9. The fraction of sp³-hybridized carbons (Fsp3) is 0.149. The van der Waals surface area contributed by atoms with Gasteiger partial charge >= 0.3 is 0 Å². The molecule has 4 nitrogen and oxygen atoms in total. The standard InChI is InChI=1S/C45H43BrN4.C2H6/c1-6-14-34(8-3)43(47)29-44(50-32(5)35-16-10-9-11-17-35)39-25-23-37(24-26-39)36-19-21-38(22-20-36)41-28-42(46)45(48-30-41)49-31(4)27-40-18-13-12-15-33(40)7-2;1-2/h6-30,32H,2,47H2,1,3-5H3,(H,48,49);1-2H3/b14-6-,31-27+,34-8+,43-29-,50-44?;. The van der Waals surface area contributed by atoms with Gasteiger partial charge in [0.1, 0.15) is 5.82 Å². The van der Waals surface area contributed by atoms with Crippen LogP contribution in [0.1, 0.15) is 69.8 Å². The van der Waals surface area contributed by atoms with Gasteiger partial charge in [0.05, 0.1) is 16.2 Å². The van der Waals surface area contributed by atoms with Gasteiger partial charge in [0.15, 0.2) is 0 Å². The maximum atomic E-state index is 6.57.